The summed E-state index contributed by atoms with van der Waals surface area (Å²) in [5.74, 6) is 0. The van der Waals surface area contributed by atoms with Crippen molar-refractivity contribution in [3.63, 3.8) is 0 Å². The van der Waals surface area contributed by atoms with Gasteiger partial charge in [0.25, 0.3) is 0 Å². The molecule has 0 amide bonds. The molecule has 0 aromatic heterocycles. The van der Waals surface area contributed by atoms with Crippen molar-refractivity contribution in [1.29, 1.82) is 0 Å². The van der Waals surface area contributed by atoms with E-state index in [4.69, 9.17) is 75.8 Å². The summed E-state index contributed by atoms with van der Waals surface area (Å²) in [5, 5.41) is 0. The predicted octanol–water partition coefficient (Wildman–Crippen LogP) is 8.95. The van der Waals surface area contributed by atoms with Crippen molar-refractivity contribution in [3.8, 4) is 0 Å². The van der Waals surface area contributed by atoms with E-state index in [9.17, 15) is 0 Å². The van der Waals surface area contributed by atoms with E-state index in [0.717, 1.165) is 0 Å². The van der Waals surface area contributed by atoms with Crippen LogP contribution in [0.15, 0.2) is 0 Å². The molecule has 0 saturated heterocycles. The maximum atomic E-state index is 4.83. The van der Waals surface area contributed by atoms with Crippen LogP contribution in [0.1, 0.15) is 125 Å². The Kier molecular flexibility index (Phi) is 201. The van der Waals surface area contributed by atoms with Gasteiger partial charge >= 0.3 is 98.9 Å². The van der Waals surface area contributed by atoms with Crippen LogP contribution in [-0.2, 0) is 250 Å². The molecule has 0 atom stereocenters. The average Bonchev–Trinajstić information content (AvgIpc) is 2.69. The van der Waals surface area contributed by atoms with E-state index >= 15 is 0 Å². The fourth-order valence-corrected chi connectivity index (χ4v) is 0. The fraction of sp³-hybridized carbons (Fsp3) is 1.00. The molecule has 0 aliphatic rings. The van der Waals surface area contributed by atoms with Crippen molar-refractivity contribution in [2.24, 2.45) is 0 Å². The molecule has 18 heteroatoms. The van der Waals surface area contributed by atoms with Crippen molar-refractivity contribution in [2.45, 2.75) is 153 Å². The molecule has 0 aromatic rings. The summed E-state index contributed by atoms with van der Waals surface area (Å²) in [6, 6.07) is 0. The predicted molar refractivity (Wildman–Crippen MR) is 242 cm³/mol. The van der Waals surface area contributed by atoms with Crippen molar-refractivity contribution in [2.75, 3.05) is 37.5 Å². The summed E-state index contributed by atoms with van der Waals surface area (Å²) < 4.78 is 0.500. The molecular weight excluding hydrogens is 1100 g/mol. The van der Waals surface area contributed by atoms with Gasteiger partial charge in [0.1, 0.15) is 0 Å². The molecule has 0 aliphatic carbocycles. The molecular formula is C30H72Ni6S12. The maximum absolute atomic E-state index is 4.83. The molecule has 0 heterocycles. The van der Waals surface area contributed by atoms with Crippen molar-refractivity contribution < 1.29 is 98.9 Å². The first-order valence-corrected chi connectivity index (χ1v) is 20.0. The molecule has 0 spiro atoms. The van der Waals surface area contributed by atoms with Crippen LogP contribution in [0.5, 0.6) is 0 Å². The fourth-order valence-electron chi connectivity index (χ4n) is 0. The van der Waals surface area contributed by atoms with E-state index in [0.29, 0.717) is 0 Å². The maximum Gasteiger partial charge on any atom is 2.00 e. The van der Waals surface area contributed by atoms with Crippen LogP contribution in [0.4, 0.5) is 0 Å². The van der Waals surface area contributed by atoms with Gasteiger partial charge in [-0.1, -0.05) is 125 Å². The Morgan fingerprint density at radius 1 is 0.167 bits per heavy atom. The zero-order valence-corrected chi connectivity index (χ0v) is 49.5. The van der Waals surface area contributed by atoms with E-state index in [1.54, 1.807) is 37.5 Å². The second-order valence-electron chi connectivity index (χ2n) is 12.7. The molecule has 0 aliphatic heterocycles. The van der Waals surface area contributed by atoms with Crippen LogP contribution in [0.3, 0.4) is 0 Å². The number of hydrogen-bond acceptors (Lipinski definition) is 12. The third kappa shape index (κ3) is 2820. The summed E-state index contributed by atoms with van der Waals surface area (Å²) >= 11 is 53.5. The van der Waals surface area contributed by atoms with Crippen LogP contribution < -0.4 is 0 Å². The molecule has 0 radical (unpaired) electrons. The first-order valence-electron chi connectivity index (χ1n) is 12.7. The van der Waals surface area contributed by atoms with Gasteiger partial charge in [-0.2, -0.15) is 66.0 Å². The van der Waals surface area contributed by atoms with Crippen LogP contribution in [0.2, 0.25) is 0 Å². The summed E-state index contributed by atoms with van der Waals surface area (Å²) in [6.45, 7) is 36.0. The minimum Gasteiger partial charge on any atom is -0.796 e. The molecule has 0 aromatic carbocycles. The first kappa shape index (κ1) is 117. The van der Waals surface area contributed by atoms with E-state index in [2.05, 4.69) is 75.8 Å². The minimum absolute atomic E-state index is 0. The Hall–Kier alpha value is 7.16. The zero-order chi connectivity index (χ0) is 39.0. The molecule has 0 rings (SSSR count). The topological polar surface area (TPSA) is 0 Å². The number of rotatable bonds is 0. The Labute approximate surface area is 435 Å². The van der Waals surface area contributed by atoms with Gasteiger partial charge in [0.15, 0.2) is 0 Å². The Morgan fingerprint density at radius 3 is 0.167 bits per heavy atom. The van der Waals surface area contributed by atoms with Gasteiger partial charge < -0.3 is 152 Å². The van der Waals surface area contributed by atoms with E-state index in [1.165, 1.54) is 0 Å². The Bertz CT molecular complexity index is 248. The third-order valence-corrected chi connectivity index (χ3v) is 0. The van der Waals surface area contributed by atoms with Gasteiger partial charge in [-0.15, -0.1) is 0 Å². The molecule has 0 N–H and O–H groups in total. The summed E-state index contributed by atoms with van der Waals surface area (Å²) in [4.78, 5) is 0. The largest absolute Gasteiger partial charge is 2.00 e. The van der Waals surface area contributed by atoms with Crippen molar-refractivity contribution in [1.82, 2.24) is 0 Å². The van der Waals surface area contributed by atoms with E-state index < -0.39 is 0 Å². The minimum atomic E-state index is 0. The molecule has 0 bridgehead atoms. The zero-order valence-electron chi connectivity index (χ0n) is 33.8. The molecule has 324 valence electrons. The quantitative estimate of drug-likeness (QED) is 0.168. The van der Waals surface area contributed by atoms with Crippen LogP contribution >= 0.6 is 0 Å². The second-order valence-corrected chi connectivity index (χ2v) is 20.0. The molecule has 48 heavy (non-hydrogen) atoms. The van der Waals surface area contributed by atoms with Gasteiger partial charge in [-0.05, 0) is 0 Å². The van der Waals surface area contributed by atoms with E-state index in [-0.39, 0.29) is 127 Å². The Balaban J connectivity index is -0.0000000129. The average molecular weight is 1170 g/mol. The van der Waals surface area contributed by atoms with Crippen molar-refractivity contribution >= 4 is 152 Å². The van der Waals surface area contributed by atoms with Gasteiger partial charge in [0, 0.05) is 0 Å². The molecule has 0 nitrogen and oxygen atoms in total. The van der Waals surface area contributed by atoms with E-state index in [1.807, 2.05) is 125 Å². The van der Waals surface area contributed by atoms with Gasteiger partial charge in [-0.25, -0.2) is 0 Å². The number of hydrogen-bond donors (Lipinski definition) is 0. The molecule has 0 saturated carbocycles. The summed E-state index contributed by atoms with van der Waals surface area (Å²) in [5.41, 5.74) is 0. The monoisotopic (exact) mass is 1160 g/mol. The molecule has 0 fully saturated rings. The first-order chi connectivity index (χ1) is 18.0. The summed E-state index contributed by atoms with van der Waals surface area (Å²) in [6.07, 6.45) is 9.50. The van der Waals surface area contributed by atoms with Crippen molar-refractivity contribution in [3.05, 3.63) is 0 Å². The van der Waals surface area contributed by atoms with Gasteiger partial charge in [-0.3, -0.25) is 0 Å². The molecule has 0 unspecified atom stereocenters. The SMILES string of the molecule is CC(C)(C)[S-].CC(C)(C)[S-].CC(C)(C)[S-].CC(C)(C)[S-].CC(C)(C)[S-].CC(C)(C)[S-].C[S-].C[S-].C[S-].C[S-].C[S-].C[S-].[Ni+2].[Ni+2].[Ni+2].[Ni+2].[Ni+2].[Ni+2]. The van der Waals surface area contributed by atoms with Crippen LogP contribution in [0, 0.1) is 0 Å². The third-order valence-electron chi connectivity index (χ3n) is 0. The smallest absolute Gasteiger partial charge is 0.796 e. The summed E-state index contributed by atoms with van der Waals surface area (Å²) in [7, 11) is 0. The van der Waals surface area contributed by atoms with Crippen LogP contribution in [0.25, 0.3) is 0 Å². The van der Waals surface area contributed by atoms with Gasteiger partial charge in [0.05, 0.1) is 0 Å². The Morgan fingerprint density at radius 2 is 0.167 bits per heavy atom. The van der Waals surface area contributed by atoms with Gasteiger partial charge in [0.2, 0.25) is 0 Å². The normalized spacial score (nSPS) is 8.25. The second kappa shape index (κ2) is 82.2. The standard InChI is InChI=1S/6C4H10S.6CH4S.6Ni/c6*1-4(2,3)5;6*1-2;;;;;;/h6*5H,1-3H3;6*2H,1H3;;;;;;/q;;;;;;;;;;;;6*+2/p-12. The van der Waals surface area contributed by atoms with Crippen LogP contribution in [-0.4, -0.2) is 66.0 Å².